The van der Waals surface area contributed by atoms with Gasteiger partial charge in [0.25, 0.3) is 0 Å². The summed E-state index contributed by atoms with van der Waals surface area (Å²) in [4.78, 5) is 19.3. The normalized spacial score (nSPS) is 11.3. The first-order chi connectivity index (χ1) is 11.3. The largest absolute Gasteiger partial charge is 0.383 e. The van der Waals surface area contributed by atoms with Gasteiger partial charge in [-0.3, -0.25) is 4.79 Å². The van der Waals surface area contributed by atoms with Gasteiger partial charge >= 0.3 is 0 Å². The van der Waals surface area contributed by atoms with Crippen molar-refractivity contribution in [3.8, 4) is 0 Å². The molecule has 6 nitrogen and oxygen atoms in total. The Kier molecular flexibility index (Phi) is 8.49. The number of aliphatic imine (C=N–C) groups is 1. The molecule has 0 heterocycles. The Morgan fingerprint density at radius 3 is 2.67 bits per heavy atom. The molecule has 1 N–H and O–H groups in total. The quantitative estimate of drug-likeness (QED) is 0.457. The lowest BCUT2D eigenvalue weighted by Crippen LogP contribution is -2.41. The van der Waals surface area contributed by atoms with Gasteiger partial charge in [-0.15, -0.1) is 0 Å². The van der Waals surface area contributed by atoms with E-state index >= 15 is 0 Å². The molecule has 0 atom stereocenters. The van der Waals surface area contributed by atoms with Crippen molar-refractivity contribution in [2.75, 3.05) is 47.9 Å². The minimum absolute atomic E-state index is 0.0294. The van der Waals surface area contributed by atoms with Gasteiger partial charge in [-0.05, 0) is 17.7 Å². The topological polar surface area (TPSA) is 57.2 Å². The van der Waals surface area contributed by atoms with Crippen molar-refractivity contribution in [3.63, 3.8) is 0 Å². The Labute approximate surface area is 147 Å². The molecule has 0 aliphatic heterocycles. The standard InChI is InChI=1S/C16H24ClFN4O2/c1-21(2)15(23)10-20-16(19-7-8-24-4)22(3)11-12-5-6-13(17)14(18)9-12/h5-6,9H,7-8,10-11H2,1-4H3,(H,19,20). The van der Waals surface area contributed by atoms with E-state index in [1.165, 1.54) is 17.0 Å². The molecule has 0 spiro atoms. The van der Waals surface area contributed by atoms with Crippen LogP contribution in [0.3, 0.4) is 0 Å². The number of ether oxygens (including phenoxy) is 1. The maximum atomic E-state index is 13.6. The Balaban J connectivity index is 2.80. The highest BCUT2D eigenvalue weighted by molar-refractivity contribution is 6.30. The van der Waals surface area contributed by atoms with Crippen molar-refractivity contribution in [2.24, 2.45) is 4.99 Å². The van der Waals surface area contributed by atoms with E-state index in [4.69, 9.17) is 16.3 Å². The lowest BCUT2D eigenvalue weighted by atomic mass is 10.2. The van der Waals surface area contributed by atoms with Crippen LogP contribution in [0, 0.1) is 5.82 Å². The molecule has 0 aliphatic carbocycles. The predicted molar refractivity (Wildman–Crippen MR) is 93.8 cm³/mol. The summed E-state index contributed by atoms with van der Waals surface area (Å²) in [5, 5.41) is 3.21. The minimum atomic E-state index is -0.462. The van der Waals surface area contributed by atoms with Gasteiger partial charge in [-0.1, -0.05) is 17.7 Å². The third kappa shape index (κ3) is 6.72. The van der Waals surface area contributed by atoms with Gasteiger partial charge < -0.3 is 19.9 Å². The summed E-state index contributed by atoms with van der Waals surface area (Å²) in [6.45, 7) is 1.50. The molecule has 1 aromatic carbocycles. The zero-order valence-corrected chi connectivity index (χ0v) is 15.2. The van der Waals surface area contributed by atoms with E-state index in [0.29, 0.717) is 25.7 Å². The number of carbonyl (C=O) groups is 1. The van der Waals surface area contributed by atoms with Crippen LogP contribution in [0.1, 0.15) is 5.56 Å². The first-order valence-corrected chi connectivity index (χ1v) is 7.85. The first kappa shape index (κ1) is 20.2. The number of rotatable bonds is 7. The molecule has 0 bridgehead atoms. The van der Waals surface area contributed by atoms with E-state index in [-0.39, 0.29) is 17.5 Å². The van der Waals surface area contributed by atoms with E-state index in [1.54, 1.807) is 32.2 Å². The fourth-order valence-corrected chi connectivity index (χ4v) is 1.96. The van der Waals surface area contributed by atoms with Crippen molar-refractivity contribution in [1.29, 1.82) is 0 Å². The number of carbonyl (C=O) groups excluding carboxylic acids is 1. The number of methoxy groups -OCH3 is 1. The van der Waals surface area contributed by atoms with E-state index in [0.717, 1.165) is 5.56 Å². The average molecular weight is 359 g/mol. The van der Waals surface area contributed by atoms with Gasteiger partial charge in [-0.2, -0.15) is 0 Å². The second-order valence-corrected chi connectivity index (χ2v) is 5.86. The number of hydrogen-bond acceptors (Lipinski definition) is 3. The van der Waals surface area contributed by atoms with Crippen LogP contribution in [-0.4, -0.2) is 69.6 Å². The molecule has 24 heavy (non-hydrogen) atoms. The van der Waals surface area contributed by atoms with Crippen molar-refractivity contribution in [3.05, 3.63) is 34.6 Å². The van der Waals surface area contributed by atoms with Gasteiger partial charge in [0.1, 0.15) is 12.4 Å². The highest BCUT2D eigenvalue weighted by Gasteiger charge is 2.10. The molecule has 0 unspecified atom stereocenters. The maximum absolute atomic E-state index is 13.6. The molecule has 1 rings (SSSR count). The molecule has 8 heteroatoms. The Morgan fingerprint density at radius 2 is 2.08 bits per heavy atom. The molecular weight excluding hydrogens is 335 g/mol. The van der Waals surface area contributed by atoms with Gasteiger partial charge in [0, 0.05) is 41.3 Å². The van der Waals surface area contributed by atoms with Crippen molar-refractivity contribution >= 4 is 23.5 Å². The van der Waals surface area contributed by atoms with E-state index in [2.05, 4.69) is 10.3 Å². The van der Waals surface area contributed by atoms with Gasteiger partial charge in [0.15, 0.2) is 5.96 Å². The van der Waals surface area contributed by atoms with Crippen LogP contribution in [-0.2, 0) is 16.1 Å². The third-order valence-corrected chi connectivity index (χ3v) is 3.52. The fraction of sp³-hybridized carbons (Fsp3) is 0.500. The molecule has 1 amide bonds. The summed E-state index contributed by atoms with van der Waals surface area (Å²) >= 11 is 5.70. The van der Waals surface area contributed by atoms with Gasteiger partial charge in [0.05, 0.1) is 11.6 Å². The SMILES string of the molecule is COCCNC(=NCC(=O)N(C)C)N(C)Cc1ccc(Cl)c(F)c1. The zero-order chi connectivity index (χ0) is 18.1. The van der Waals surface area contributed by atoms with Crippen LogP contribution in [0.2, 0.25) is 5.02 Å². The van der Waals surface area contributed by atoms with Crippen molar-refractivity contribution in [2.45, 2.75) is 6.54 Å². The smallest absolute Gasteiger partial charge is 0.243 e. The van der Waals surface area contributed by atoms with Crippen LogP contribution in [0.25, 0.3) is 0 Å². The zero-order valence-electron chi connectivity index (χ0n) is 14.5. The summed E-state index contributed by atoms with van der Waals surface area (Å²) in [5.41, 5.74) is 0.750. The van der Waals surface area contributed by atoms with Crippen molar-refractivity contribution < 1.29 is 13.9 Å². The fourth-order valence-electron chi connectivity index (χ4n) is 1.85. The molecule has 0 radical (unpaired) electrons. The highest BCUT2D eigenvalue weighted by atomic mass is 35.5. The molecule has 0 saturated heterocycles. The summed E-state index contributed by atoms with van der Waals surface area (Å²) in [6, 6.07) is 4.65. The van der Waals surface area contributed by atoms with Crippen LogP contribution in [0.5, 0.6) is 0 Å². The number of hydrogen-bond donors (Lipinski definition) is 1. The Morgan fingerprint density at radius 1 is 1.38 bits per heavy atom. The summed E-state index contributed by atoms with van der Waals surface area (Å²) in [5.74, 6) is -0.0271. The lowest BCUT2D eigenvalue weighted by Gasteiger charge is -2.23. The number of nitrogens with one attached hydrogen (secondary N) is 1. The van der Waals surface area contributed by atoms with Crippen LogP contribution < -0.4 is 5.32 Å². The molecule has 1 aromatic rings. The molecule has 0 fully saturated rings. The minimum Gasteiger partial charge on any atom is -0.383 e. The average Bonchev–Trinajstić information content (AvgIpc) is 2.53. The predicted octanol–water partition coefficient (Wildman–Crippen LogP) is 1.59. The second kappa shape index (κ2) is 10.1. The maximum Gasteiger partial charge on any atom is 0.243 e. The molecule has 134 valence electrons. The molecule has 0 saturated carbocycles. The number of nitrogens with zero attached hydrogens (tertiary/aromatic N) is 3. The van der Waals surface area contributed by atoms with Crippen LogP contribution in [0.4, 0.5) is 4.39 Å². The summed E-state index contributed by atoms with van der Waals surface area (Å²) in [6.07, 6.45) is 0. The van der Waals surface area contributed by atoms with Crippen LogP contribution in [0.15, 0.2) is 23.2 Å². The van der Waals surface area contributed by atoms with E-state index in [1.807, 2.05) is 7.05 Å². The second-order valence-electron chi connectivity index (χ2n) is 5.45. The summed E-state index contributed by atoms with van der Waals surface area (Å²) < 4.78 is 18.6. The summed E-state index contributed by atoms with van der Waals surface area (Å²) in [7, 11) is 6.77. The van der Waals surface area contributed by atoms with E-state index in [9.17, 15) is 9.18 Å². The third-order valence-electron chi connectivity index (χ3n) is 3.22. The lowest BCUT2D eigenvalue weighted by molar-refractivity contribution is -0.127. The highest BCUT2D eigenvalue weighted by Crippen LogP contribution is 2.16. The number of amides is 1. The number of halogens is 2. The Bertz CT molecular complexity index is 581. The molecule has 0 aliphatic rings. The number of likely N-dealkylation sites (N-methyl/N-ethyl adjacent to an activating group) is 1. The molecular formula is C16H24ClFN4O2. The molecule has 0 aromatic heterocycles. The van der Waals surface area contributed by atoms with Crippen LogP contribution >= 0.6 is 11.6 Å². The van der Waals surface area contributed by atoms with Gasteiger partial charge in [-0.25, -0.2) is 9.38 Å². The number of guanidine groups is 1. The number of benzene rings is 1. The van der Waals surface area contributed by atoms with E-state index < -0.39 is 5.82 Å². The van der Waals surface area contributed by atoms with Gasteiger partial charge in [0.2, 0.25) is 5.91 Å². The Hall–Kier alpha value is -1.86. The van der Waals surface area contributed by atoms with Crippen molar-refractivity contribution in [1.82, 2.24) is 15.1 Å². The monoisotopic (exact) mass is 358 g/mol. The first-order valence-electron chi connectivity index (χ1n) is 7.47.